The Morgan fingerprint density at radius 3 is 2.18 bits per heavy atom. The van der Waals surface area contributed by atoms with E-state index in [9.17, 15) is 18.0 Å². The Hall–Kier alpha value is -1.93. The molecule has 0 N–H and O–H groups in total. The highest BCUT2D eigenvalue weighted by Gasteiger charge is 2.29. The summed E-state index contributed by atoms with van der Waals surface area (Å²) >= 11 is 0. The van der Waals surface area contributed by atoms with Crippen LogP contribution in [0.15, 0.2) is 29.2 Å². The van der Waals surface area contributed by atoms with Crippen molar-refractivity contribution in [1.82, 2.24) is 9.21 Å². The molecule has 0 radical (unpaired) electrons. The standard InChI is InChI=1S/C20H28N2O5S/c1-16(23)21-11-13-22(14-12-21)28(25,26)19-9-7-18(8-10-19)20(24)27-15-17-5-3-2-4-6-17/h7-10,17H,2-6,11-15H2,1H3. The Labute approximate surface area is 166 Å². The molecule has 2 fully saturated rings. The van der Waals surface area contributed by atoms with Gasteiger partial charge in [0.1, 0.15) is 0 Å². The molecule has 0 bridgehead atoms. The normalized spacial score (nSPS) is 19.4. The Bertz CT molecular complexity index is 792. The van der Waals surface area contributed by atoms with Gasteiger partial charge >= 0.3 is 5.97 Å². The second-order valence-corrected chi connectivity index (χ2v) is 9.47. The number of carbonyl (C=O) groups excluding carboxylic acids is 2. The molecule has 1 aromatic rings. The highest BCUT2D eigenvalue weighted by atomic mass is 32.2. The lowest BCUT2D eigenvalue weighted by atomic mass is 9.90. The van der Waals surface area contributed by atoms with Crippen molar-refractivity contribution in [2.75, 3.05) is 32.8 Å². The van der Waals surface area contributed by atoms with E-state index in [1.807, 2.05) is 0 Å². The minimum atomic E-state index is -3.64. The molecule has 0 atom stereocenters. The molecular formula is C20H28N2O5S. The van der Waals surface area contributed by atoms with Crippen LogP contribution in [-0.2, 0) is 19.6 Å². The van der Waals surface area contributed by atoms with Crippen LogP contribution in [-0.4, -0.2) is 62.3 Å². The van der Waals surface area contributed by atoms with E-state index >= 15 is 0 Å². The van der Waals surface area contributed by atoms with Gasteiger partial charge in [-0.25, -0.2) is 13.2 Å². The molecule has 0 spiro atoms. The van der Waals surface area contributed by atoms with E-state index < -0.39 is 16.0 Å². The molecule has 1 aliphatic carbocycles. The number of hydrogen-bond acceptors (Lipinski definition) is 5. The van der Waals surface area contributed by atoms with Gasteiger partial charge in [0.2, 0.25) is 15.9 Å². The van der Waals surface area contributed by atoms with Gasteiger partial charge in [0.15, 0.2) is 0 Å². The number of hydrogen-bond donors (Lipinski definition) is 0. The molecule has 8 heteroatoms. The molecule has 1 saturated heterocycles. The van der Waals surface area contributed by atoms with E-state index in [2.05, 4.69) is 0 Å². The number of amides is 1. The highest BCUT2D eigenvalue weighted by Crippen LogP contribution is 2.24. The van der Waals surface area contributed by atoms with Gasteiger partial charge in [-0.2, -0.15) is 4.31 Å². The van der Waals surface area contributed by atoms with E-state index in [0.29, 0.717) is 31.2 Å². The largest absolute Gasteiger partial charge is 0.462 e. The van der Waals surface area contributed by atoms with Gasteiger partial charge in [-0.3, -0.25) is 4.79 Å². The van der Waals surface area contributed by atoms with Crippen LogP contribution in [0.2, 0.25) is 0 Å². The number of piperazine rings is 1. The van der Waals surface area contributed by atoms with E-state index in [1.165, 1.54) is 54.8 Å². The first-order valence-electron chi connectivity index (χ1n) is 9.91. The molecule has 1 saturated carbocycles. The average Bonchev–Trinajstić information content (AvgIpc) is 2.73. The fourth-order valence-corrected chi connectivity index (χ4v) is 5.21. The zero-order valence-electron chi connectivity index (χ0n) is 16.3. The minimum Gasteiger partial charge on any atom is -0.462 e. The fraction of sp³-hybridized carbons (Fsp3) is 0.600. The Morgan fingerprint density at radius 2 is 1.61 bits per heavy atom. The Kier molecular flexibility index (Phi) is 6.72. The molecule has 154 valence electrons. The number of sulfonamides is 1. The quantitative estimate of drug-likeness (QED) is 0.698. The smallest absolute Gasteiger partial charge is 0.338 e. The molecule has 0 unspecified atom stereocenters. The van der Waals surface area contributed by atoms with Crippen LogP contribution in [0.1, 0.15) is 49.4 Å². The van der Waals surface area contributed by atoms with Crippen LogP contribution in [0.25, 0.3) is 0 Å². The zero-order chi connectivity index (χ0) is 20.1. The fourth-order valence-electron chi connectivity index (χ4n) is 3.79. The third-order valence-corrected chi connectivity index (χ3v) is 7.50. The molecule has 1 aromatic carbocycles. The summed E-state index contributed by atoms with van der Waals surface area (Å²) in [4.78, 5) is 25.4. The molecule has 7 nitrogen and oxygen atoms in total. The molecule has 1 aliphatic heterocycles. The summed E-state index contributed by atoms with van der Waals surface area (Å²) in [5.74, 6) is -0.0243. The summed E-state index contributed by atoms with van der Waals surface area (Å²) in [6.07, 6.45) is 5.83. The van der Waals surface area contributed by atoms with Crippen molar-refractivity contribution in [3.63, 3.8) is 0 Å². The lowest BCUT2D eigenvalue weighted by Gasteiger charge is -2.33. The number of ether oxygens (including phenoxy) is 1. The first-order valence-corrected chi connectivity index (χ1v) is 11.3. The zero-order valence-corrected chi connectivity index (χ0v) is 17.1. The van der Waals surface area contributed by atoms with Crippen LogP contribution in [0.4, 0.5) is 0 Å². The van der Waals surface area contributed by atoms with Crippen molar-refractivity contribution in [2.24, 2.45) is 5.92 Å². The van der Waals surface area contributed by atoms with E-state index in [1.54, 1.807) is 4.90 Å². The summed E-state index contributed by atoms with van der Waals surface area (Å²) in [5.41, 5.74) is 0.358. The summed E-state index contributed by atoms with van der Waals surface area (Å²) in [6, 6.07) is 5.90. The molecule has 28 heavy (non-hydrogen) atoms. The van der Waals surface area contributed by atoms with Gasteiger partial charge in [-0.15, -0.1) is 0 Å². The number of carbonyl (C=O) groups is 2. The number of rotatable bonds is 5. The lowest BCUT2D eigenvalue weighted by Crippen LogP contribution is -2.49. The van der Waals surface area contributed by atoms with Crippen LogP contribution in [0.3, 0.4) is 0 Å². The number of nitrogens with zero attached hydrogens (tertiary/aromatic N) is 2. The van der Waals surface area contributed by atoms with Crippen LogP contribution in [0, 0.1) is 5.92 Å². The first-order chi connectivity index (χ1) is 13.4. The van der Waals surface area contributed by atoms with Gasteiger partial charge in [-0.1, -0.05) is 19.3 Å². The van der Waals surface area contributed by atoms with Crippen molar-refractivity contribution in [2.45, 2.75) is 43.9 Å². The predicted octanol–water partition coefficient (Wildman–Crippen LogP) is 2.28. The van der Waals surface area contributed by atoms with E-state index in [4.69, 9.17) is 4.74 Å². The van der Waals surface area contributed by atoms with Gasteiger partial charge in [0.05, 0.1) is 17.1 Å². The number of esters is 1. The molecule has 1 heterocycles. The van der Waals surface area contributed by atoms with E-state index in [-0.39, 0.29) is 23.9 Å². The van der Waals surface area contributed by atoms with E-state index in [0.717, 1.165) is 12.8 Å². The third kappa shape index (κ3) is 4.91. The molecule has 0 aromatic heterocycles. The van der Waals surface area contributed by atoms with Crippen LogP contribution < -0.4 is 0 Å². The molecule has 3 rings (SSSR count). The predicted molar refractivity (Wildman–Crippen MR) is 104 cm³/mol. The summed E-state index contributed by atoms with van der Waals surface area (Å²) < 4.78 is 32.4. The van der Waals surface area contributed by atoms with Crippen molar-refractivity contribution < 1.29 is 22.7 Å². The number of benzene rings is 1. The second-order valence-electron chi connectivity index (χ2n) is 7.54. The van der Waals surface area contributed by atoms with Crippen molar-refractivity contribution in [1.29, 1.82) is 0 Å². The Balaban J connectivity index is 1.58. The lowest BCUT2D eigenvalue weighted by molar-refractivity contribution is -0.129. The van der Waals surface area contributed by atoms with Gasteiger partial charge in [0, 0.05) is 33.1 Å². The first kappa shape index (κ1) is 20.8. The topological polar surface area (TPSA) is 84.0 Å². The summed E-state index contributed by atoms with van der Waals surface area (Å²) in [7, 11) is -3.64. The highest BCUT2D eigenvalue weighted by molar-refractivity contribution is 7.89. The maximum atomic E-state index is 12.8. The monoisotopic (exact) mass is 408 g/mol. The van der Waals surface area contributed by atoms with Gasteiger partial charge in [-0.05, 0) is 43.0 Å². The molecule has 2 aliphatic rings. The van der Waals surface area contributed by atoms with Crippen molar-refractivity contribution >= 4 is 21.9 Å². The minimum absolute atomic E-state index is 0.0480. The van der Waals surface area contributed by atoms with Gasteiger partial charge in [0.25, 0.3) is 0 Å². The average molecular weight is 409 g/mol. The molecular weight excluding hydrogens is 380 g/mol. The maximum Gasteiger partial charge on any atom is 0.338 e. The summed E-state index contributed by atoms with van der Waals surface area (Å²) in [5, 5.41) is 0. The van der Waals surface area contributed by atoms with Crippen LogP contribution >= 0.6 is 0 Å². The third-order valence-electron chi connectivity index (χ3n) is 5.59. The summed E-state index contributed by atoms with van der Waals surface area (Å²) in [6.45, 7) is 3.23. The van der Waals surface area contributed by atoms with Crippen molar-refractivity contribution in [3.05, 3.63) is 29.8 Å². The molecule has 1 amide bonds. The van der Waals surface area contributed by atoms with Gasteiger partial charge < -0.3 is 9.64 Å². The Morgan fingerprint density at radius 1 is 1.00 bits per heavy atom. The van der Waals surface area contributed by atoms with Crippen molar-refractivity contribution in [3.8, 4) is 0 Å². The second kappa shape index (κ2) is 9.05. The van der Waals surface area contributed by atoms with Crippen LogP contribution in [0.5, 0.6) is 0 Å². The SMILES string of the molecule is CC(=O)N1CCN(S(=O)(=O)c2ccc(C(=O)OCC3CCCCC3)cc2)CC1. The maximum absolute atomic E-state index is 12.8.